The lowest BCUT2D eigenvalue weighted by molar-refractivity contribution is 0.795. The molecule has 1 atom stereocenters. The topological polar surface area (TPSA) is 90.7 Å². The van der Waals surface area contributed by atoms with Crippen LogP contribution in [0.1, 0.15) is 22.3 Å². The molecule has 0 radical (unpaired) electrons. The van der Waals surface area contributed by atoms with Crippen LogP contribution in [0.25, 0.3) is 66.5 Å². The van der Waals surface area contributed by atoms with E-state index in [1.807, 2.05) is 66.7 Å². The van der Waals surface area contributed by atoms with Crippen molar-refractivity contribution in [2.45, 2.75) is 5.41 Å². The molecule has 10 rings (SSSR count). The van der Waals surface area contributed by atoms with Crippen LogP contribution < -0.4 is 11.5 Å². The summed E-state index contributed by atoms with van der Waals surface area (Å²) in [5, 5.41) is 3.17. The molecule has 6 aromatic carbocycles. The van der Waals surface area contributed by atoms with Gasteiger partial charge in [-0.1, -0.05) is 109 Å². The Labute approximate surface area is 281 Å². The summed E-state index contributed by atoms with van der Waals surface area (Å²) in [5.41, 5.74) is 26.7. The van der Waals surface area contributed by atoms with Gasteiger partial charge in [0, 0.05) is 37.8 Å². The van der Waals surface area contributed by atoms with Gasteiger partial charge in [0.25, 0.3) is 0 Å². The number of fused-ring (bicyclic) bond motifs is 12. The minimum atomic E-state index is -0.545. The highest BCUT2D eigenvalue weighted by molar-refractivity contribution is 7.18. The van der Waals surface area contributed by atoms with Crippen LogP contribution in [0.4, 0.5) is 11.4 Å². The van der Waals surface area contributed by atoms with E-state index in [-0.39, 0.29) is 0 Å². The van der Waals surface area contributed by atoms with Gasteiger partial charge in [0.2, 0.25) is 0 Å². The van der Waals surface area contributed by atoms with Crippen molar-refractivity contribution in [1.82, 2.24) is 15.0 Å². The Morgan fingerprint density at radius 2 is 1.10 bits per heavy atom. The van der Waals surface area contributed by atoms with Crippen molar-refractivity contribution >= 4 is 32.8 Å². The van der Waals surface area contributed by atoms with Crippen molar-refractivity contribution in [3.05, 3.63) is 161 Å². The van der Waals surface area contributed by atoms with E-state index in [0.717, 1.165) is 39.0 Å². The number of anilines is 2. The molecule has 1 spiro atoms. The van der Waals surface area contributed by atoms with Gasteiger partial charge >= 0.3 is 0 Å². The van der Waals surface area contributed by atoms with Gasteiger partial charge in [-0.2, -0.15) is 0 Å². The van der Waals surface area contributed by atoms with E-state index in [1.165, 1.54) is 43.6 Å². The zero-order valence-corrected chi connectivity index (χ0v) is 26.5. The molecule has 2 aromatic heterocycles. The lowest BCUT2D eigenvalue weighted by Gasteiger charge is -2.30. The summed E-state index contributed by atoms with van der Waals surface area (Å²) >= 11 is 1.69. The molecule has 2 aliphatic rings. The second-order valence-corrected chi connectivity index (χ2v) is 13.4. The molecule has 0 amide bonds. The van der Waals surface area contributed by atoms with Crippen molar-refractivity contribution in [3.63, 3.8) is 0 Å². The molecule has 2 aliphatic carbocycles. The molecule has 4 N–H and O–H groups in total. The molecule has 0 fully saturated rings. The minimum Gasteiger partial charge on any atom is -0.399 e. The number of thiophene rings is 1. The maximum atomic E-state index is 6.67. The zero-order valence-electron chi connectivity index (χ0n) is 25.7. The largest absolute Gasteiger partial charge is 0.399 e. The molecular formula is C42H27N5S. The number of rotatable bonds is 3. The zero-order chi connectivity index (χ0) is 32.0. The normalized spacial score (nSPS) is 15.3. The van der Waals surface area contributed by atoms with E-state index in [4.69, 9.17) is 26.4 Å². The fraction of sp³-hybridized carbons (Fsp3) is 0.0238. The number of benzene rings is 6. The van der Waals surface area contributed by atoms with Crippen LogP contribution in [0, 0.1) is 0 Å². The Morgan fingerprint density at radius 1 is 0.479 bits per heavy atom. The van der Waals surface area contributed by atoms with Crippen molar-refractivity contribution in [2.75, 3.05) is 11.5 Å². The van der Waals surface area contributed by atoms with E-state index in [1.54, 1.807) is 11.3 Å². The maximum Gasteiger partial charge on any atom is 0.164 e. The van der Waals surface area contributed by atoms with E-state index >= 15 is 0 Å². The lowest BCUT2D eigenvalue weighted by Crippen LogP contribution is -2.26. The number of nitrogens with two attached hydrogens (primary N) is 2. The second kappa shape index (κ2) is 9.94. The third kappa shape index (κ3) is 3.63. The van der Waals surface area contributed by atoms with Gasteiger partial charge < -0.3 is 11.5 Å². The standard InChI is InChI=1S/C42H27N5S/c43-27-16-17-29-34(22-27)42(33-19-20-36-38(37(29)33)35(44)23-48-36)31-14-8-7-13-28(31)30-21-26(15-18-32(30)42)41-46-39(24-9-3-1-4-10-24)45-40(47-41)25-11-5-2-6-12-25/h1-23H,43-44H2. The summed E-state index contributed by atoms with van der Waals surface area (Å²) in [5.74, 6) is 1.92. The lowest BCUT2D eigenvalue weighted by atomic mass is 9.70. The molecule has 0 aliphatic heterocycles. The van der Waals surface area contributed by atoms with Crippen molar-refractivity contribution in [2.24, 2.45) is 0 Å². The van der Waals surface area contributed by atoms with E-state index in [9.17, 15) is 0 Å². The monoisotopic (exact) mass is 633 g/mol. The predicted molar refractivity (Wildman–Crippen MR) is 197 cm³/mol. The van der Waals surface area contributed by atoms with Gasteiger partial charge in [-0.25, -0.2) is 15.0 Å². The fourth-order valence-electron chi connectivity index (χ4n) is 7.92. The Hall–Kier alpha value is -6.11. The maximum absolute atomic E-state index is 6.67. The van der Waals surface area contributed by atoms with Crippen molar-refractivity contribution in [1.29, 1.82) is 0 Å². The third-order valence-electron chi connectivity index (χ3n) is 9.89. The second-order valence-electron chi connectivity index (χ2n) is 12.5. The molecule has 0 saturated heterocycles. The molecule has 48 heavy (non-hydrogen) atoms. The molecular weight excluding hydrogens is 607 g/mol. The predicted octanol–water partition coefficient (Wildman–Crippen LogP) is 9.60. The Morgan fingerprint density at radius 3 is 1.83 bits per heavy atom. The van der Waals surface area contributed by atoms with E-state index < -0.39 is 5.41 Å². The summed E-state index contributed by atoms with van der Waals surface area (Å²) in [6.07, 6.45) is 0. The molecule has 8 aromatic rings. The van der Waals surface area contributed by atoms with Crippen LogP contribution in [0.15, 0.2) is 139 Å². The number of hydrogen-bond acceptors (Lipinski definition) is 6. The van der Waals surface area contributed by atoms with Gasteiger partial charge in [-0.15, -0.1) is 11.3 Å². The summed E-state index contributed by atoms with van der Waals surface area (Å²) in [7, 11) is 0. The summed E-state index contributed by atoms with van der Waals surface area (Å²) in [4.78, 5) is 15.0. The van der Waals surface area contributed by atoms with Crippen molar-refractivity contribution < 1.29 is 0 Å². The Balaban J connectivity index is 1.25. The van der Waals surface area contributed by atoms with Gasteiger partial charge in [-0.05, 0) is 68.8 Å². The first-order valence-electron chi connectivity index (χ1n) is 15.9. The quantitative estimate of drug-likeness (QED) is 0.189. The average Bonchev–Trinajstić information content (AvgIpc) is 3.77. The average molecular weight is 634 g/mol. The number of nitrogen functional groups attached to an aromatic ring is 2. The van der Waals surface area contributed by atoms with Crippen LogP contribution in [0.3, 0.4) is 0 Å². The van der Waals surface area contributed by atoms with Crippen LogP contribution in [0.5, 0.6) is 0 Å². The Kier molecular flexibility index (Phi) is 5.60. The van der Waals surface area contributed by atoms with Crippen LogP contribution in [-0.2, 0) is 5.41 Å². The van der Waals surface area contributed by atoms with Crippen molar-refractivity contribution in [3.8, 4) is 56.4 Å². The molecule has 6 heteroatoms. The summed E-state index contributed by atoms with van der Waals surface area (Å²) < 4.78 is 1.19. The number of hydrogen-bond donors (Lipinski definition) is 2. The fourth-order valence-corrected chi connectivity index (χ4v) is 8.78. The molecule has 0 bridgehead atoms. The van der Waals surface area contributed by atoms with Crippen LogP contribution in [0.2, 0.25) is 0 Å². The Bertz CT molecular complexity index is 2530. The first-order valence-corrected chi connectivity index (χ1v) is 16.8. The third-order valence-corrected chi connectivity index (χ3v) is 10.9. The van der Waals surface area contributed by atoms with Crippen LogP contribution in [-0.4, -0.2) is 15.0 Å². The molecule has 2 heterocycles. The minimum absolute atomic E-state index is 0.545. The highest BCUT2D eigenvalue weighted by atomic mass is 32.1. The smallest absolute Gasteiger partial charge is 0.164 e. The van der Waals surface area contributed by atoms with Gasteiger partial charge in [0.05, 0.1) is 11.1 Å². The van der Waals surface area contributed by atoms with Gasteiger partial charge in [-0.3, -0.25) is 0 Å². The highest BCUT2D eigenvalue weighted by Gasteiger charge is 2.52. The number of aromatic nitrogens is 3. The molecule has 226 valence electrons. The molecule has 0 saturated carbocycles. The molecule has 5 nitrogen and oxygen atoms in total. The summed E-state index contributed by atoms with van der Waals surface area (Å²) in [6.45, 7) is 0. The van der Waals surface area contributed by atoms with Gasteiger partial charge in [0.1, 0.15) is 0 Å². The van der Waals surface area contributed by atoms with Crippen LogP contribution >= 0.6 is 11.3 Å². The summed E-state index contributed by atoms with van der Waals surface area (Å²) in [6, 6.07) is 46.5. The van der Waals surface area contributed by atoms with E-state index in [0.29, 0.717) is 17.5 Å². The number of nitrogens with zero attached hydrogens (tertiary/aromatic N) is 3. The SMILES string of the molecule is Nc1ccc2c(c1)C1(c3ccccc3-c3cc(-c4nc(-c5ccccc5)nc(-c5ccccc5)n4)ccc31)c1ccc3scc(N)c3c1-2. The highest BCUT2D eigenvalue weighted by Crippen LogP contribution is 2.64. The first kappa shape index (κ1) is 27.0. The molecule has 1 unspecified atom stereocenters. The first-order chi connectivity index (χ1) is 23.6. The van der Waals surface area contributed by atoms with Gasteiger partial charge in [0.15, 0.2) is 17.5 Å². The van der Waals surface area contributed by atoms with E-state index in [2.05, 4.69) is 72.1 Å².